The van der Waals surface area contributed by atoms with Crippen LogP contribution in [0, 0.1) is 5.82 Å². The molecule has 1 atom stereocenters. The van der Waals surface area contributed by atoms with Crippen LogP contribution in [0.25, 0.3) is 0 Å². The first-order chi connectivity index (χ1) is 13.1. The molecular weight excluding hydrogens is 343 g/mol. The Balaban J connectivity index is 1.38. The fourth-order valence-electron chi connectivity index (χ4n) is 4.16. The molecule has 0 N–H and O–H groups in total. The molecule has 27 heavy (non-hydrogen) atoms. The summed E-state index contributed by atoms with van der Waals surface area (Å²) >= 11 is 0. The van der Waals surface area contributed by atoms with Crippen molar-refractivity contribution in [3.63, 3.8) is 0 Å². The molecule has 4 rings (SSSR count). The van der Waals surface area contributed by atoms with Crippen LogP contribution < -0.4 is 0 Å². The highest BCUT2D eigenvalue weighted by Crippen LogP contribution is 2.31. The Morgan fingerprint density at radius 1 is 0.926 bits per heavy atom. The molecule has 2 aliphatic heterocycles. The van der Waals surface area contributed by atoms with Crippen LogP contribution in [0.4, 0.5) is 4.39 Å². The lowest BCUT2D eigenvalue weighted by Crippen LogP contribution is -2.45. The summed E-state index contributed by atoms with van der Waals surface area (Å²) in [5.74, 6) is -0.00201. The number of carbonyl (C=O) groups is 2. The summed E-state index contributed by atoms with van der Waals surface area (Å²) < 4.78 is 13.1. The van der Waals surface area contributed by atoms with Gasteiger partial charge < -0.3 is 0 Å². The van der Waals surface area contributed by atoms with E-state index in [1.54, 1.807) is 0 Å². The third-order valence-corrected chi connectivity index (χ3v) is 5.72. The van der Waals surface area contributed by atoms with E-state index in [4.69, 9.17) is 0 Å². The smallest absolute Gasteiger partial charge is 0.247 e. The minimum atomic E-state index is -0.338. The zero-order valence-corrected chi connectivity index (χ0v) is 15.2. The van der Waals surface area contributed by atoms with Crippen LogP contribution in [0.5, 0.6) is 0 Å². The van der Waals surface area contributed by atoms with Crippen molar-refractivity contribution in [1.29, 1.82) is 0 Å². The molecule has 2 aliphatic rings. The maximum atomic E-state index is 13.1. The van der Waals surface area contributed by atoms with Gasteiger partial charge in [-0.05, 0) is 55.1 Å². The van der Waals surface area contributed by atoms with E-state index in [0.29, 0.717) is 12.5 Å². The number of hydrogen-bond donors (Lipinski definition) is 0. The van der Waals surface area contributed by atoms with Gasteiger partial charge in [0.15, 0.2) is 0 Å². The Hall–Kier alpha value is -2.53. The Kier molecular flexibility index (Phi) is 5.03. The van der Waals surface area contributed by atoms with Gasteiger partial charge in [-0.15, -0.1) is 0 Å². The van der Waals surface area contributed by atoms with Crippen LogP contribution in [0.15, 0.2) is 54.6 Å². The van der Waals surface area contributed by atoms with Gasteiger partial charge in [0.25, 0.3) is 0 Å². The number of likely N-dealkylation sites (tertiary alicyclic amines) is 2. The van der Waals surface area contributed by atoms with Crippen molar-refractivity contribution >= 4 is 11.8 Å². The lowest BCUT2D eigenvalue weighted by Gasteiger charge is -2.35. The molecule has 0 spiro atoms. The Morgan fingerprint density at radius 3 is 2.26 bits per heavy atom. The average molecular weight is 366 g/mol. The number of halogens is 1. The van der Waals surface area contributed by atoms with E-state index in [9.17, 15) is 14.0 Å². The van der Waals surface area contributed by atoms with Crippen molar-refractivity contribution < 1.29 is 14.0 Å². The first kappa shape index (κ1) is 17.9. The van der Waals surface area contributed by atoms with E-state index in [1.165, 1.54) is 17.0 Å². The van der Waals surface area contributed by atoms with Gasteiger partial charge >= 0.3 is 0 Å². The van der Waals surface area contributed by atoms with Crippen LogP contribution in [-0.2, 0) is 16.1 Å². The van der Waals surface area contributed by atoms with E-state index in [1.807, 2.05) is 42.5 Å². The van der Waals surface area contributed by atoms with E-state index in [2.05, 4.69) is 4.90 Å². The largest absolute Gasteiger partial charge is 0.291 e. The lowest BCUT2D eigenvalue weighted by molar-refractivity contribution is -0.140. The molecule has 2 amide bonds. The molecule has 2 aromatic rings. The quantitative estimate of drug-likeness (QED) is 0.780. The van der Waals surface area contributed by atoms with Crippen LogP contribution in [-0.4, -0.2) is 40.7 Å². The number of rotatable bonds is 4. The monoisotopic (exact) mass is 366 g/mol. The fourth-order valence-corrected chi connectivity index (χ4v) is 4.16. The Bertz CT molecular complexity index is 814. The SMILES string of the molecule is O=C1C[C@H](N2CCC(c3ccc(F)cc3)CC2)C(=O)N1Cc1ccccc1. The molecular formula is C22H23FN2O2. The number of hydrogen-bond acceptors (Lipinski definition) is 3. The molecule has 0 saturated carbocycles. The third kappa shape index (κ3) is 3.78. The normalized spacial score (nSPS) is 21.8. The molecule has 0 bridgehead atoms. The third-order valence-electron chi connectivity index (χ3n) is 5.72. The van der Waals surface area contributed by atoms with Crippen molar-refractivity contribution in [2.24, 2.45) is 0 Å². The van der Waals surface area contributed by atoms with Crippen molar-refractivity contribution in [1.82, 2.24) is 9.80 Å². The maximum Gasteiger partial charge on any atom is 0.247 e. The van der Waals surface area contributed by atoms with E-state index in [0.717, 1.165) is 37.1 Å². The van der Waals surface area contributed by atoms with Crippen LogP contribution in [0.1, 0.15) is 36.3 Å². The minimum absolute atomic E-state index is 0.0796. The molecule has 0 aliphatic carbocycles. The van der Waals surface area contributed by atoms with Crippen LogP contribution >= 0.6 is 0 Å². The van der Waals surface area contributed by atoms with Crippen LogP contribution in [0.3, 0.4) is 0 Å². The van der Waals surface area contributed by atoms with Crippen molar-refractivity contribution in [2.75, 3.05) is 13.1 Å². The zero-order chi connectivity index (χ0) is 18.8. The summed E-state index contributed by atoms with van der Waals surface area (Å²) in [6, 6.07) is 16.0. The number of imide groups is 1. The second kappa shape index (κ2) is 7.61. The number of benzene rings is 2. The van der Waals surface area contributed by atoms with Gasteiger partial charge in [0.2, 0.25) is 11.8 Å². The molecule has 2 heterocycles. The summed E-state index contributed by atoms with van der Waals surface area (Å²) in [7, 11) is 0. The van der Waals surface area contributed by atoms with Crippen LogP contribution in [0.2, 0.25) is 0 Å². The number of nitrogens with zero attached hydrogens (tertiary/aromatic N) is 2. The highest BCUT2D eigenvalue weighted by atomic mass is 19.1. The van der Waals surface area contributed by atoms with Gasteiger partial charge in [0, 0.05) is 0 Å². The topological polar surface area (TPSA) is 40.6 Å². The maximum absolute atomic E-state index is 13.1. The van der Waals surface area contributed by atoms with Gasteiger partial charge in [-0.1, -0.05) is 42.5 Å². The fraction of sp³-hybridized carbons (Fsp3) is 0.364. The Morgan fingerprint density at radius 2 is 1.59 bits per heavy atom. The second-order valence-electron chi connectivity index (χ2n) is 7.39. The van der Waals surface area contributed by atoms with Gasteiger partial charge in [-0.3, -0.25) is 19.4 Å². The molecule has 2 aromatic carbocycles. The van der Waals surface area contributed by atoms with Crippen molar-refractivity contribution in [3.05, 3.63) is 71.5 Å². The molecule has 2 saturated heterocycles. The standard InChI is InChI=1S/C22H23FN2O2/c23-19-8-6-17(7-9-19)18-10-12-24(13-11-18)20-14-21(26)25(22(20)27)15-16-4-2-1-3-5-16/h1-9,18,20H,10-15H2/t20-/m0/s1. The van der Waals surface area contributed by atoms with E-state index >= 15 is 0 Å². The number of piperidine rings is 1. The first-order valence-corrected chi connectivity index (χ1v) is 9.49. The molecule has 0 radical (unpaired) electrons. The molecule has 0 aromatic heterocycles. The molecule has 2 fully saturated rings. The summed E-state index contributed by atoms with van der Waals surface area (Å²) in [5, 5.41) is 0. The van der Waals surface area contributed by atoms with Gasteiger partial charge in [0.1, 0.15) is 5.82 Å². The number of carbonyl (C=O) groups excluding carboxylic acids is 2. The summed E-state index contributed by atoms with van der Waals surface area (Å²) in [6.45, 7) is 1.91. The van der Waals surface area contributed by atoms with Gasteiger partial charge in [0.05, 0.1) is 19.0 Å². The zero-order valence-electron chi connectivity index (χ0n) is 15.2. The number of amides is 2. The summed E-state index contributed by atoms with van der Waals surface area (Å²) in [5.41, 5.74) is 2.12. The highest BCUT2D eigenvalue weighted by Gasteiger charge is 2.42. The highest BCUT2D eigenvalue weighted by molar-refractivity contribution is 6.05. The molecule has 140 valence electrons. The van der Waals surface area contributed by atoms with Crippen molar-refractivity contribution in [3.8, 4) is 0 Å². The summed E-state index contributed by atoms with van der Waals surface area (Å²) in [4.78, 5) is 28.8. The molecule has 4 nitrogen and oxygen atoms in total. The first-order valence-electron chi connectivity index (χ1n) is 9.49. The minimum Gasteiger partial charge on any atom is -0.291 e. The van der Waals surface area contributed by atoms with E-state index in [-0.39, 0.29) is 30.1 Å². The van der Waals surface area contributed by atoms with Crippen molar-refractivity contribution in [2.45, 2.75) is 37.8 Å². The summed E-state index contributed by atoms with van der Waals surface area (Å²) in [6.07, 6.45) is 2.11. The van der Waals surface area contributed by atoms with Gasteiger partial charge in [-0.25, -0.2) is 4.39 Å². The predicted octanol–water partition coefficient (Wildman–Crippen LogP) is 3.33. The average Bonchev–Trinajstić information content (AvgIpc) is 2.98. The predicted molar refractivity (Wildman–Crippen MR) is 100 cm³/mol. The molecule has 0 unspecified atom stereocenters. The Labute approximate surface area is 158 Å². The molecule has 5 heteroatoms. The lowest BCUT2D eigenvalue weighted by atomic mass is 9.89. The van der Waals surface area contributed by atoms with E-state index < -0.39 is 0 Å². The second-order valence-corrected chi connectivity index (χ2v) is 7.39. The van der Waals surface area contributed by atoms with Gasteiger partial charge in [-0.2, -0.15) is 0 Å².